The lowest BCUT2D eigenvalue weighted by Crippen LogP contribution is -2.32. The Morgan fingerprint density at radius 1 is 1.25 bits per heavy atom. The minimum Gasteiger partial charge on any atom is -0.497 e. The molecule has 0 radical (unpaired) electrons. The highest BCUT2D eigenvalue weighted by Crippen LogP contribution is 2.19. The molecule has 0 saturated heterocycles. The van der Waals surface area contributed by atoms with Crippen LogP contribution in [0.1, 0.15) is 10.5 Å². The second-order valence-electron chi connectivity index (χ2n) is 4.33. The Kier molecular flexibility index (Phi) is 3.76. The molecule has 106 valence electrons. The van der Waals surface area contributed by atoms with Gasteiger partial charge in [0.25, 0.3) is 11.5 Å². The summed E-state index contributed by atoms with van der Waals surface area (Å²) in [4.78, 5) is 29.3. The molecule has 0 aliphatic rings. The number of ether oxygens (including phenoxy) is 1. The molecule has 0 bridgehead atoms. The van der Waals surface area contributed by atoms with E-state index in [-0.39, 0.29) is 11.3 Å². The summed E-state index contributed by atoms with van der Waals surface area (Å²) in [7, 11) is 5.98. The SMILES string of the molecule is COc1ccc2c(=O)n(C)c(C(=O)N(C)OC)cc2c1. The number of hydroxylamine groups is 2. The normalized spacial score (nSPS) is 10.6. The summed E-state index contributed by atoms with van der Waals surface area (Å²) in [5, 5.41) is 2.26. The molecule has 0 N–H and O–H groups in total. The Labute approximate surface area is 116 Å². The summed E-state index contributed by atoms with van der Waals surface area (Å²) in [6.07, 6.45) is 0. The highest BCUT2D eigenvalue weighted by atomic mass is 16.7. The van der Waals surface area contributed by atoms with Gasteiger partial charge in [0.15, 0.2) is 0 Å². The Morgan fingerprint density at radius 3 is 2.55 bits per heavy atom. The largest absolute Gasteiger partial charge is 0.497 e. The van der Waals surface area contributed by atoms with Crippen LogP contribution >= 0.6 is 0 Å². The maximum atomic E-state index is 12.3. The van der Waals surface area contributed by atoms with E-state index in [1.165, 1.54) is 18.7 Å². The van der Waals surface area contributed by atoms with E-state index >= 15 is 0 Å². The van der Waals surface area contributed by atoms with Crippen LogP contribution in [0, 0.1) is 0 Å². The van der Waals surface area contributed by atoms with Gasteiger partial charge in [-0.3, -0.25) is 14.4 Å². The van der Waals surface area contributed by atoms with E-state index in [0.29, 0.717) is 16.5 Å². The third kappa shape index (κ3) is 2.25. The van der Waals surface area contributed by atoms with Gasteiger partial charge < -0.3 is 9.30 Å². The van der Waals surface area contributed by atoms with Crippen LogP contribution in [0.3, 0.4) is 0 Å². The quantitative estimate of drug-likeness (QED) is 0.790. The molecular weight excluding hydrogens is 260 g/mol. The van der Waals surface area contributed by atoms with Gasteiger partial charge in [-0.05, 0) is 29.7 Å². The van der Waals surface area contributed by atoms with Crippen LogP contribution in [0.5, 0.6) is 5.75 Å². The van der Waals surface area contributed by atoms with Gasteiger partial charge in [0.1, 0.15) is 11.4 Å². The van der Waals surface area contributed by atoms with E-state index in [9.17, 15) is 9.59 Å². The zero-order valence-electron chi connectivity index (χ0n) is 11.8. The standard InChI is InChI=1S/C14H16N2O4/c1-15-12(14(18)16(2)20-4)8-9-7-10(19-3)5-6-11(9)13(15)17/h5-8H,1-4H3. The molecule has 20 heavy (non-hydrogen) atoms. The predicted molar refractivity (Wildman–Crippen MR) is 74.8 cm³/mol. The van der Waals surface area contributed by atoms with Gasteiger partial charge in [-0.1, -0.05) is 0 Å². The van der Waals surface area contributed by atoms with Crippen molar-refractivity contribution in [2.24, 2.45) is 7.05 Å². The van der Waals surface area contributed by atoms with Crippen LogP contribution < -0.4 is 10.3 Å². The molecule has 1 amide bonds. The Morgan fingerprint density at radius 2 is 1.95 bits per heavy atom. The van der Waals surface area contributed by atoms with Gasteiger partial charge in [-0.25, -0.2) is 5.06 Å². The second-order valence-corrected chi connectivity index (χ2v) is 4.33. The van der Waals surface area contributed by atoms with Crippen molar-refractivity contribution in [3.63, 3.8) is 0 Å². The molecule has 6 heteroatoms. The first-order valence-corrected chi connectivity index (χ1v) is 5.99. The summed E-state index contributed by atoms with van der Waals surface area (Å²) in [6, 6.07) is 6.77. The first-order valence-electron chi connectivity index (χ1n) is 5.99. The van der Waals surface area contributed by atoms with Crippen molar-refractivity contribution >= 4 is 16.7 Å². The maximum Gasteiger partial charge on any atom is 0.293 e. The monoisotopic (exact) mass is 276 g/mol. The average Bonchev–Trinajstić information content (AvgIpc) is 2.48. The van der Waals surface area contributed by atoms with Gasteiger partial charge in [0, 0.05) is 19.5 Å². The van der Waals surface area contributed by atoms with Crippen molar-refractivity contribution < 1.29 is 14.4 Å². The van der Waals surface area contributed by atoms with Gasteiger partial charge in [-0.2, -0.15) is 0 Å². The Hall–Kier alpha value is -2.34. The van der Waals surface area contributed by atoms with E-state index in [4.69, 9.17) is 9.57 Å². The number of hydrogen-bond donors (Lipinski definition) is 0. The van der Waals surface area contributed by atoms with Crippen molar-refractivity contribution in [1.82, 2.24) is 9.63 Å². The first-order chi connectivity index (χ1) is 9.49. The van der Waals surface area contributed by atoms with Crippen LogP contribution in [-0.2, 0) is 11.9 Å². The molecule has 0 saturated carbocycles. The molecule has 0 atom stereocenters. The maximum absolute atomic E-state index is 12.3. The fourth-order valence-corrected chi connectivity index (χ4v) is 1.97. The number of pyridine rings is 1. The number of carbonyl (C=O) groups excluding carboxylic acids is 1. The van der Waals surface area contributed by atoms with E-state index in [2.05, 4.69) is 0 Å². The molecular formula is C14H16N2O4. The molecule has 1 aromatic carbocycles. The molecule has 0 unspecified atom stereocenters. The number of methoxy groups -OCH3 is 1. The Balaban J connectivity index is 2.70. The molecule has 0 aliphatic heterocycles. The number of fused-ring (bicyclic) bond motifs is 1. The molecule has 2 rings (SSSR count). The van der Waals surface area contributed by atoms with Crippen molar-refractivity contribution in [2.75, 3.05) is 21.3 Å². The summed E-state index contributed by atoms with van der Waals surface area (Å²) >= 11 is 0. The highest BCUT2D eigenvalue weighted by Gasteiger charge is 2.17. The fraction of sp³-hybridized carbons (Fsp3) is 0.286. The van der Waals surface area contributed by atoms with Crippen molar-refractivity contribution in [3.8, 4) is 5.75 Å². The van der Waals surface area contributed by atoms with E-state index in [1.807, 2.05) is 0 Å². The lowest BCUT2D eigenvalue weighted by molar-refractivity contribution is -0.0763. The first kappa shape index (κ1) is 14.1. The van der Waals surface area contributed by atoms with Crippen molar-refractivity contribution in [1.29, 1.82) is 0 Å². The number of carbonyl (C=O) groups is 1. The molecule has 0 spiro atoms. The topological polar surface area (TPSA) is 60.8 Å². The van der Waals surface area contributed by atoms with Crippen molar-refractivity contribution in [2.45, 2.75) is 0 Å². The van der Waals surface area contributed by atoms with E-state index in [1.54, 1.807) is 38.4 Å². The third-order valence-electron chi connectivity index (χ3n) is 3.23. The van der Waals surface area contributed by atoms with Gasteiger partial charge in [0.2, 0.25) is 0 Å². The van der Waals surface area contributed by atoms with Crippen LogP contribution in [0.15, 0.2) is 29.1 Å². The minimum atomic E-state index is -0.392. The summed E-state index contributed by atoms with van der Waals surface area (Å²) in [5.41, 5.74) is 0.0121. The van der Waals surface area contributed by atoms with Crippen LogP contribution in [0.2, 0.25) is 0 Å². The summed E-state index contributed by atoms with van der Waals surface area (Å²) in [6.45, 7) is 0. The van der Waals surface area contributed by atoms with Crippen molar-refractivity contribution in [3.05, 3.63) is 40.3 Å². The zero-order valence-corrected chi connectivity index (χ0v) is 11.8. The summed E-state index contributed by atoms with van der Waals surface area (Å²) in [5.74, 6) is 0.237. The number of hydrogen-bond acceptors (Lipinski definition) is 4. The molecule has 0 aliphatic carbocycles. The highest BCUT2D eigenvalue weighted by molar-refractivity contribution is 5.96. The second kappa shape index (κ2) is 5.34. The minimum absolute atomic E-state index is 0.238. The van der Waals surface area contributed by atoms with Crippen LogP contribution in [-0.4, -0.2) is 36.8 Å². The number of nitrogens with zero attached hydrogens (tertiary/aromatic N) is 2. The van der Waals surface area contributed by atoms with Gasteiger partial charge in [-0.15, -0.1) is 0 Å². The molecule has 6 nitrogen and oxygen atoms in total. The van der Waals surface area contributed by atoms with Crippen LogP contribution in [0.25, 0.3) is 10.8 Å². The fourth-order valence-electron chi connectivity index (χ4n) is 1.97. The lowest BCUT2D eigenvalue weighted by Gasteiger charge is -2.16. The van der Waals surface area contributed by atoms with Gasteiger partial charge in [0.05, 0.1) is 14.2 Å². The summed E-state index contributed by atoms with van der Waals surface area (Å²) < 4.78 is 6.44. The average molecular weight is 276 g/mol. The Bertz CT molecular complexity index is 721. The number of rotatable bonds is 3. The molecule has 1 aromatic heterocycles. The number of amides is 1. The number of aromatic nitrogens is 1. The predicted octanol–water partition coefficient (Wildman–Crippen LogP) is 1.18. The zero-order chi connectivity index (χ0) is 14.9. The molecule has 1 heterocycles. The van der Waals surface area contributed by atoms with E-state index in [0.717, 1.165) is 5.06 Å². The molecule has 0 fully saturated rings. The molecule has 2 aromatic rings. The van der Waals surface area contributed by atoms with Gasteiger partial charge >= 0.3 is 0 Å². The third-order valence-corrected chi connectivity index (χ3v) is 3.23. The smallest absolute Gasteiger partial charge is 0.293 e. The van der Waals surface area contributed by atoms with Crippen LogP contribution in [0.4, 0.5) is 0 Å². The lowest BCUT2D eigenvalue weighted by atomic mass is 10.1. The number of benzene rings is 1. The van der Waals surface area contributed by atoms with E-state index < -0.39 is 5.91 Å².